The monoisotopic (exact) mass is 210 g/mol. The molecule has 88 valence electrons. The smallest absolute Gasteiger partial charge is 0.0168 e. The third kappa shape index (κ3) is 3.18. The van der Waals surface area contributed by atoms with Gasteiger partial charge in [0.05, 0.1) is 0 Å². The molecule has 1 saturated carbocycles. The lowest BCUT2D eigenvalue weighted by Gasteiger charge is -2.36. The Morgan fingerprint density at radius 1 is 1.00 bits per heavy atom. The minimum absolute atomic E-state index is 0.444. The van der Waals surface area contributed by atoms with E-state index in [2.05, 4.69) is 11.8 Å². The maximum absolute atomic E-state index is 6.06. The van der Waals surface area contributed by atoms with Crippen molar-refractivity contribution in [3.63, 3.8) is 0 Å². The third-order valence-electron chi connectivity index (χ3n) is 4.23. The number of rotatable bonds is 1. The second-order valence-electron chi connectivity index (χ2n) is 5.66. The number of hydrogen-bond acceptors (Lipinski definition) is 2. The zero-order valence-corrected chi connectivity index (χ0v) is 10.1. The lowest BCUT2D eigenvalue weighted by atomic mass is 10.00. The molecule has 1 heterocycles. The van der Waals surface area contributed by atoms with Crippen LogP contribution < -0.4 is 5.73 Å². The summed E-state index contributed by atoms with van der Waals surface area (Å²) in [6, 6.07) is 1.29. The molecule has 2 heteroatoms. The summed E-state index contributed by atoms with van der Waals surface area (Å²) in [6.45, 7) is 4.86. The predicted molar refractivity (Wildman–Crippen MR) is 64.8 cm³/mol. The fourth-order valence-electron chi connectivity index (χ4n) is 3.20. The van der Waals surface area contributed by atoms with Crippen LogP contribution in [0.1, 0.15) is 51.9 Å². The Morgan fingerprint density at radius 3 is 2.67 bits per heavy atom. The minimum Gasteiger partial charge on any atom is -0.327 e. The Kier molecular flexibility index (Phi) is 4.04. The molecule has 1 aliphatic heterocycles. The molecule has 15 heavy (non-hydrogen) atoms. The van der Waals surface area contributed by atoms with Gasteiger partial charge in [0.1, 0.15) is 0 Å². The molecular formula is C13H26N2. The molecular weight excluding hydrogens is 184 g/mol. The SMILES string of the molecule is CC1CCCC(N2CCCC(N)C2)CC1. The van der Waals surface area contributed by atoms with E-state index in [1.807, 2.05) is 0 Å². The highest BCUT2D eigenvalue weighted by Crippen LogP contribution is 2.27. The van der Waals surface area contributed by atoms with Gasteiger partial charge in [-0.15, -0.1) is 0 Å². The summed E-state index contributed by atoms with van der Waals surface area (Å²) in [5, 5.41) is 0. The fraction of sp³-hybridized carbons (Fsp3) is 1.00. The average molecular weight is 210 g/mol. The third-order valence-corrected chi connectivity index (χ3v) is 4.23. The van der Waals surface area contributed by atoms with Crippen molar-refractivity contribution >= 4 is 0 Å². The van der Waals surface area contributed by atoms with E-state index in [-0.39, 0.29) is 0 Å². The van der Waals surface area contributed by atoms with Crippen molar-refractivity contribution < 1.29 is 0 Å². The van der Waals surface area contributed by atoms with Gasteiger partial charge < -0.3 is 5.73 Å². The van der Waals surface area contributed by atoms with Crippen molar-refractivity contribution in [1.82, 2.24) is 4.90 Å². The summed E-state index contributed by atoms with van der Waals surface area (Å²) in [4.78, 5) is 2.67. The summed E-state index contributed by atoms with van der Waals surface area (Å²) < 4.78 is 0. The van der Waals surface area contributed by atoms with Gasteiger partial charge >= 0.3 is 0 Å². The van der Waals surface area contributed by atoms with E-state index in [9.17, 15) is 0 Å². The normalized spacial score (nSPS) is 40.0. The van der Waals surface area contributed by atoms with Gasteiger partial charge in [0.2, 0.25) is 0 Å². The average Bonchev–Trinajstić information content (AvgIpc) is 2.43. The van der Waals surface area contributed by atoms with Crippen LogP contribution in [0.4, 0.5) is 0 Å². The van der Waals surface area contributed by atoms with Crippen molar-refractivity contribution in [2.75, 3.05) is 13.1 Å². The summed E-state index contributed by atoms with van der Waals surface area (Å²) in [5.74, 6) is 0.952. The number of piperidine rings is 1. The molecule has 0 radical (unpaired) electrons. The van der Waals surface area contributed by atoms with E-state index in [4.69, 9.17) is 5.73 Å². The quantitative estimate of drug-likeness (QED) is 0.673. The first kappa shape index (κ1) is 11.4. The van der Waals surface area contributed by atoms with Crippen LogP contribution in [0, 0.1) is 5.92 Å². The first-order chi connectivity index (χ1) is 7.25. The Labute approximate surface area is 94.2 Å². The number of nitrogens with two attached hydrogens (primary N) is 1. The maximum atomic E-state index is 6.06. The highest BCUT2D eigenvalue weighted by molar-refractivity contribution is 4.82. The van der Waals surface area contributed by atoms with Gasteiger partial charge in [0, 0.05) is 18.6 Å². The van der Waals surface area contributed by atoms with Gasteiger partial charge in [0.15, 0.2) is 0 Å². The highest BCUT2D eigenvalue weighted by Gasteiger charge is 2.25. The molecule has 0 aromatic heterocycles. The molecule has 0 amide bonds. The molecule has 2 rings (SSSR count). The number of hydrogen-bond donors (Lipinski definition) is 1. The fourth-order valence-corrected chi connectivity index (χ4v) is 3.20. The standard InChI is InChI=1S/C13H26N2/c1-11-4-2-6-13(8-7-11)15-9-3-5-12(14)10-15/h11-13H,2-10,14H2,1H3. The molecule has 0 spiro atoms. The highest BCUT2D eigenvalue weighted by atomic mass is 15.2. The Bertz CT molecular complexity index is 193. The van der Waals surface area contributed by atoms with Gasteiger partial charge in [-0.05, 0) is 44.6 Å². The Morgan fingerprint density at radius 2 is 1.87 bits per heavy atom. The van der Waals surface area contributed by atoms with Gasteiger partial charge in [-0.2, -0.15) is 0 Å². The molecule has 0 aromatic carbocycles. The van der Waals surface area contributed by atoms with Gasteiger partial charge in [-0.1, -0.05) is 19.8 Å². The maximum Gasteiger partial charge on any atom is 0.0168 e. The predicted octanol–water partition coefficient (Wildman–Crippen LogP) is 2.38. The van der Waals surface area contributed by atoms with Gasteiger partial charge in [0.25, 0.3) is 0 Å². The molecule has 0 bridgehead atoms. The molecule has 2 aliphatic rings. The zero-order chi connectivity index (χ0) is 10.7. The van der Waals surface area contributed by atoms with Crippen LogP contribution in [0.2, 0.25) is 0 Å². The van der Waals surface area contributed by atoms with Crippen molar-refractivity contribution in [3.8, 4) is 0 Å². The molecule has 3 atom stereocenters. The van der Waals surface area contributed by atoms with Crippen LogP contribution in [-0.2, 0) is 0 Å². The molecule has 2 N–H and O–H groups in total. The van der Waals surface area contributed by atoms with Crippen molar-refractivity contribution in [1.29, 1.82) is 0 Å². The van der Waals surface area contributed by atoms with Crippen molar-refractivity contribution in [3.05, 3.63) is 0 Å². The van der Waals surface area contributed by atoms with E-state index in [0.29, 0.717) is 6.04 Å². The molecule has 2 fully saturated rings. The lowest BCUT2D eigenvalue weighted by Crippen LogP contribution is -2.47. The zero-order valence-electron chi connectivity index (χ0n) is 10.1. The topological polar surface area (TPSA) is 29.3 Å². The van der Waals surface area contributed by atoms with Crippen molar-refractivity contribution in [2.24, 2.45) is 11.7 Å². The minimum atomic E-state index is 0.444. The summed E-state index contributed by atoms with van der Waals surface area (Å²) in [5.41, 5.74) is 6.06. The summed E-state index contributed by atoms with van der Waals surface area (Å²) in [7, 11) is 0. The van der Waals surface area contributed by atoms with E-state index in [1.165, 1.54) is 51.5 Å². The molecule has 3 unspecified atom stereocenters. The van der Waals surface area contributed by atoms with Crippen LogP contribution in [0.3, 0.4) is 0 Å². The second kappa shape index (κ2) is 5.31. The van der Waals surface area contributed by atoms with Gasteiger partial charge in [-0.25, -0.2) is 0 Å². The van der Waals surface area contributed by atoms with Crippen LogP contribution in [0.25, 0.3) is 0 Å². The van der Waals surface area contributed by atoms with Crippen LogP contribution in [0.5, 0.6) is 0 Å². The lowest BCUT2D eigenvalue weighted by molar-refractivity contribution is 0.136. The molecule has 1 saturated heterocycles. The van der Waals surface area contributed by atoms with E-state index < -0.39 is 0 Å². The van der Waals surface area contributed by atoms with E-state index >= 15 is 0 Å². The number of likely N-dealkylation sites (tertiary alicyclic amines) is 1. The second-order valence-corrected chi connectivity index (χ2v) is 5.66. The van der Waals surface area contributed by atoms with Crippen molar-refractivity contribution in [2.45, 2.75) is 64.0 Å². The molecule has 2 nitrogen and oxygen atoms in total. The summed E-state index contributed by atoms with van der Waals surface area (Å²) >= 11 is 0. The molecule has 0 aromatic rings. The Balaban J connectivity index is 1.85. The Hall–Kier alpha value is -0.0800. The first-order valence-corrected chi connectivity index (χ1v) is 6.75. The van der Waals surface area contributed by atoms with Crippen LogP contribution in [-0.4, -0.2) is 30.1 Å². The largest absolute Gasteiger partial charge is 0.327 e. The van der Waals surface area contributed by atoms with Gasteiger partial charge in [-0.3, -0.25) is 4.90 Å². The van der Waals surface area contributed by atoms with Crippen LogP contribution >= 0.6 is 0 Å². The van der Waals surface area contributed by atoms with E-state index in [1.54, 1.807) is 0 Å². The van der Waals surface area contributed by atoms with E-state index in [0.717, 1.165) is 18.5 Å². The summed E-state index contributed by atoms with van der Waals surface area (Å²) in [6.07, 6.45) is 9.67. The number of nitrogens with zero attached hydrogens (tertiary/aromatic N) is 1. The van der Waals surface area contributed by atoms with Crippen LogP contribution in [0.15, 0.2) is 0 Å². The first-order valence-electron chi connectivity index (χ1n) is 6.75. The molecule has 1 aliphatic carbocycles.